The van der Waals surface area contributed by atoms with E-state index < -0.39 is 11.7 Å². The molecule has 6 heteroatoms. The van der Waals surface area contributed by atoms with Crippen molar-refractivity contribution in [3.63, 3.8) is 0 Å². The summed E-state index contributed by atoms with van der Waals surface area (Å²) in [5.74, 6) is -0.0832. The van der Waals surface area contributed by atoms with Crippen LogP contribution in [0.2, 0.25) is 0 Å². The molecule has 0 bridgehead atoms. The fraction of sp³-hybridized carbons (Fsp3) is 0.350. The van der Waals surface area contributed by atoms with E-state index in [9.17, 15) is 18.0 Å². The Morgan fingerprint density at radius 1 is 1.08 bits per heavy atom. The van der Waals surface area contributed by atoms with Crippen LogP contribution in [0.4, 0.5) is 18.9 Å². The Balaban J connectivity index is 2.19. The van der Waals surface area contributed by atoms with E-state index in [2.05, 4.69) is 15.9 Å². The van der Waals surface area contributed by atoms with Crippen LogP contribution in [0.5, 0.6) is 0 Å². The zero-order chi connectivity index (χ0) is 19.5. The number of benzene rings is 2. The van der Waals surface area contributed by atoms with Gasteiger partial charge < -0.3 is 4.90 Å². The van der Waals surface area contributed by atoms with Crippen molar-refractivity contribution >= 4 is 27.5 Å². The number of aryl methyl sites for hydroxylation is 2. The van der Waals surface area contributed by atoms with Gasteiger partial charge in [0.2, 0.25) is 5.91 Å². The number of anilines is 1. The minimum absolute atomic E-state index is 0.0832. The molecule has 2 aromatic rings. The van der Waals surface area contributed by atoms with Gasteiger partial charge in [0, 0.05) is 12.2 Å². The van der Waals surface area contributed by atoms with Gasteiger partial charge in [0.15, 0.2) is 0 Å². The molecule has 0 N–H and O–H groups in total. The summed E-state index contributed by atoms with van der Waals surface area (Å²) in [5, 5.41) is 0. The Hall–Kier alpha value is -1.82. The average molecular weight is 428 g/mol. The lowest BCUT2D eigenvalue weighted by Gasteiger charge is -2.25. The number of carbonyl (C=O) groups excluding carboxylic acids is 1. The van der Waals surface area contributed by atoms with Crippen LogP contribution in [0.3, 0.4) is 0 Å². The van der Waals surface area contributed by atoms with Crippen LogP contribution in [0, 0.1) is 13.8 Å². The first-order valence-corrected chi connectivity index (χ1v) is 9.20. The lowest BCUT2D eigenvalue weighted by Crippen LogP contribution is -2.37. The van der Waals surface area contributed by atoms with Gasteiger partial charge in [-0.1, -0.05) is 34.1 Å². The molecule has 0 saturated carbocycles. The molecule has 2 nitrogen and oxygen atoms in total. The molecule has 1 unspecified atom stereocenters. The second-order valence-electron chi connectivity index (χ2n) is 6.32. The summed E-state index contributed by atoms with van der Waals surface area (Å²) in [6.07, 6.45) is -3.87. The van der Waals surface area contributed by atoms with E-state index in [4.69, 9.17) is 0 Å². The summed E-state index contributed by atoms with van der Waals surface area (Å²) in [6, 6.07) is 10.9. The molecule has 0 radical (unpaired) electrons. The van der Waals surface area contributed by atoms with E-state index in [1.165, 1.54) is 12.1 Å². The maximum Gasteiger partial charge on any atom is 0.416 e. The van der Waals surface area contributed by atoms with Crippen molar-refractivity contribution in [2.24, 2.45) is 0 Å². The molecule has 0 heterocycles. The van der Waals surface area contributed by atoms with Gasteiger partial charge in [-0.25, -0.2) is 0 Å². The van der Waals surface area contributed by atoms with E-state index >= 15 is 0 Å². The molecule has 0 spiro atoms. The molecule has 0 aliphatic heterocycles. The van der Waals surface area contributed by atoms with Gasteiger partial charge in [-0.3, -0.25) is 4.79 Å². The maximum absolute atomic E-state index is 12.7. The smallest absolute Gasteiger partial charge is 0.311 e. The molecular formula is C20H21BrF3NO. The largest absolute Gasteiger partial charge is 0.416 e. The maximum atomic E-state index is 12.7. The number of carbonyl (C=O) groups is 1. The zero-order valence-electron chi connectivity index (χ0n) is 14.9. The minimum atomic E-state index is -4.34. The first-order chi connectivity index (χ1) is 12.1. The third kappa shape index (κ3) is 5.10. The van der Waals surface area contributed by atoms with Crippen LogP contribution < -0.4 is 4.90 Å². The third-order valence-corrected chi connectivity index (χ3v) is 4.71. The quantitative estimate of drug-likeness (QED) is 0.561. The van der Waals surface area contributed by atoms with Crippen LogP contribution in [0.25, 0.3) is 0 Å². The molecule has 0 aromatic heterocycles. The van der Waals surface area contributed by atoms with Gasteiger partial charge in [0.1, 0.15) is 0 Å². The van der Waals surface area contributed by atoms with E-state index in [0.717, 1.165) is 34.5 Å². The van der Waals surface area contributed by atoms with Gasteiger partial charge in [0.25, 0.3) is 0 Å². The monoisotopic (exact) mass is 427 g/mol. The van der Waals surface area contributed by atoms with Gasteiger partial charge >= 0.3 is 6.18 Å². The van der Waals surface area contributed by atoms with Crippen molar-refractivity contribution in [2.45, 2.75) is 38.2 Å². The van der Waals surface area contributed by atoms with Crippen molar-refractivity contribution in [3.05, 3.63) is 64.7 Å². The Morgan fingerprint density at radius 2 is 1.69 bits per heavy atom. The lowest BCUT2D eigenvalue weighted by molar-refractivity contribution is -0.137. The molecule has 1 amide bonds. The van der Waals surface area contributed by atoms with Gasteiger partial charge in [-0.2, -0.15) is 13.2 Å². The van der Waals surface area contributed by atoms with E-state index in [1.807, 2.05) is 32.0 Å². The first kappa shape index (κ1) is 20.5. The average Bonchev–Trinajstić information content (AvgIpc) is 2.57. The van der Waals surface area contributed by atoms with Crippen LogP contribution in [0.1, 0.15) is 29.2 Å². The SMILES string of the molecule is Cc1ccc(N(CCc2ccc(C(F)(F)F)cc2)C(=O)C(C)Br)cc1C. The summed E-state index contributed by atoms with van der Waals surface area (Å²) >= 11 is 3.31. The van der Waals surface area contributed by atoms with Gasteiger partial charge in [-0.15, -0.1) is 0 Å². The molecule has 26 heavy (non-hydrogen) atoms. The normalized spacial score (nSPS) is 12.7. The summed E-state index contributed by atoms with van der Waals surface area (Å²) in [4.78, 5) is 13.9. The van der Waals surface area contributed by atoms with Crippen LogP contribution >= 0.6 is 15.9 Å². The molecule has 2 aromatic carbocycles. The molecule has 1 atom stereocenters. The van der Waals surface area contributed by atoms with Crippen molar-refractivity contribution < 1.29 is 18.0 Å². The van der Waals surface area contributed by atoms with Crippen molar-refractivity contribution in [1.82, 2.24) is 0 Å². The molecular weight excluding hydrogens is 407 g/mol. The van der Waals surface area contributed by atoms with E-state index in [-0.39, 0.29) is 10.7 Å². The fourth-order valence-corrected chi connectivity index (χ4v) is 2.82. The third-order valence-electron chi connectivity index (χ3n) is 4.31. The summed E-state index contributed by atoms with van der Waals surface area (Å²) in [6.45, 7) is 6.13. The highest BCUT2D eigenvalue weighted by molar-refractivity contribution is 9.10. The van der Waals surface area contributed by atoms with Gasteiger partial charge in [0.05, 0.1) is 10.4 Å². The van der Waals surface area contributed by atoms with Crippen LogP contribution in [0.15, 0.2) is 42.5 Å². The van der Waals surface area contributed by atoms with E-state index in [0.29, 0.717) is 13.0 Å². The number of halogens is 4. The summed E-state index contributed by atoms with van der Waals surface area (Å²) in [7, 11) is 0. The Kier molecular flexibility index (Phi) is 6.50. The number of nitrogens with zero attached hydrogens (tertiary/aromatic N) is 1. The Labute approximate surface area is 160 Å². The highest BCUT2D eigenvalue weighted by atomic mass is 79.9. The molecule has 2 rings (SSSR count). The van der Waals surface area contributed by atoms with Crippen molar-refractivity contribution in [1.29, 1.82) is 0 Å². The summed E-state index contributed by atoms with van der Waals surface area (Å²) < 4.78 is 38.0. The molecule has 0 fully saturated rings. The number of hydrogen-bond donors (Lipinski definition) is 0. The topological polar surface area (TPSA) is 20.3 Å². The minimum Gasteiger partial charge on any atom is -0.311 e. The van der Waals surface area contributed by atoms with Crippen molar-refractivity contribution in [3.8, 4) is 0 Å². The van der Waals surface area contributed by atoms with Crippen molar-refractivity contribution in [2.75, 3.05) is 11.4 Å². The predicted molar refractivity (Wildman–Crippen MR) is 102 cm³/mol. The second kappa shape index (κ2) is 8.25. The lowest BCUT2D eigenvalue weighted by atomic mass is 10.1. The highest BCUT2D eigenvalue weighted by Gasteiger charge is 2.30. The number of rotatable bonds is 5. The number of alkyl halides is 4. The predicted octanol–water partition coefficient (Wildman–Crippen LogP) is 5.68. The highest BCUT2D eigenvalue weighted by Crippen LogP contribution is 2.29. The van der Waals surface area contributed by atoms with Crippen LogP contribution in [-0.2, 0) is 17.4 Å². The molecule has 0 aliphatic carbocycles. The molecule has 140 valence electrons. The number of hydrogen-bond acceptors (Lipinski definition) is 1. The van der Waals surface area contributed by atoms with Gasteiger partial charge in [-0.05, 0) is 68.1 Å². The fourth-order valence-electron chi connectivity index (χ4n) is 2.58. The Morgan fingerprint density at radius 3 is 2.19 bits per heavy atom. The summed E-state index contributed by atoms with van der Waals surface area (Å²) in [5.41, 5.74) is 3.09. The Bertz CT molecular complexity index is 770. The second-order valence-corrected chi connectivity index (χ2v) is 7.69. The molecule has 0 aliphatic rings. The zero-order valence-corrected chi connectivity index (χ0v) is 16.5. The number of amides is 1. The van der Waals surface area contributed by atoms with Crippen LogP contribution in [-0.4, -0.2) is 17.3 Å². The molecule has 0 saturated heterocycles. The standard InChI is InChI=1S/C20H21BrF3NO/c1-13-4-9-18(12-14(13)2)25(19(26)15(3)21)11-10-16-5-7-17(8-6-16)20(22,23)24/h4-9,12,15H,10-11H2,1-3H3. The van der Waals surface area contributed by atoms with E-state index in [1.54, 1.807) is 11.8 Å². The first-order valence-electron chi connectivity index (χ1n) is 8.28.